The van der Waals surface area contributed by atoms with Gasteiger partial charge in [-0.05, 0) is 24.3 Å². The van der Waals surface area contributed by atoms with Crippen LogP contribution in [0.1, 0.15) is 27.0 Å². The molecule has 4 aromatic rings. The summed E-state index contributed by atoms with van der Waals surface area (Å²) >= 11 is 0. The van der Waals surface area contributed by atoms with E-state index in [0.29, 0.717) is 5.56 Å². The molecule has 0 bridgehead atoms. The van der Waals surface area contributed by atoms with Gasteiger partial charge in [-0.3, -0.25) is 4.79 Å². The Kier molecular flexibility index (Phi) is 4.23. The number of pyridine rings is 1. The molecule has 0 spiro atoms. The molecule has 3 heterocycles. The van der Waals surface area contributed by atoms with Crippen LogP contribution in [-0.2, 0) is 7.05 Å². The molecule has 2 aromatic heterocycles. The molecule has 2 aromatic carbocycles. The van der Waals surface area contributed by atoms with Crippen LogP contribution in [0.4, 0.5) is 0 Å². The maximum Gasteiger partial charge on any atom is 0.235 e. The van der Waals surface area contributed by atoms with Gasteiger partial charge in [-0.2, -0.15) is 0 Å². The van der Waals surface area contributed by atoms with Crippen LogP contribution in [0, 0.1) is 11.8 Å². The van der Waals surface area contributed by atoms with Crippen LogP contribution < -0.4 is 4.74 Å². The number of carbonyl (C=O) groups excluding carboxylic acids is 1. The Labute approximate surface area is 177 Å². The van der Waals surface area contributed by atoms with Crippen LogP contribution in [0.25, 0.3) is 17.1 Å². The van der Waals surface area contributed by atoms with Crippen LogP contribution in [0.3, 0.4) is 0 Å². The summed E-state index contributed by atoms with van der Waals surface area (Å²) in [5.74, 6) is 5.56. The van der Waals surface area contributed by atoms with Crippen LogP contribution >= 0.6 is 0 Å². The molecule has 0 saturated carbocycles. The molecule has 2 N–H and O–H groups in total. The monoisotopic (exact) mass is 408 g/mol. The lowest BCUT2D eigenvalue weighted by Gasteiger charge is -2.00. The summed E-state index contributed by atoms with van der Waals surface area (Å²) in [4.78, 5) is 17.2. The lowest BCUT2D eigenvalue weighted by atomic mass is 10.1. The van der Waals surface area contributed by atoms with E-state index in [1.165, 1.54) is 6.07 Å². The highest BCUT2D eigenvalue weighted by atomic mass is 16.5. The fraction of sp³-hybridized carbons (Fsp3) is 0.0400. The topological polar surface area (TPSA) is 84.6 Å². The van der Waals surface area contributed by atoms with Crippen molar-refractivity contribution in [2.45, 2.75) is 0 Å². The molecule has 0 atom stereocenters. The first-order chi connectivity index (χ1) is 15.0. The number of aromatic hydroxyl groups is 2. The molecule has 0 radical (unpaired) electrons. The van der Waals surface area contributed by atoms with Crippen LogP contribution in [-0.4, -0.2) is 25.5 Å². The van der Waals surface area contributed by atoms with Gasteiger partial charge in [-0.25, -0.2) is 4.98 Å². The minimum absolute atomic E-state index is 0.0338. The largest absolute Gasteiger partial charge is 0.508 e. The van der Waals surface area contributed by atoms with E-state index in [0.717, 1.165) is 28.2 Å². The molecule has 31 heavy (non-hydrogen) atoms. The van der Waals surface area contributed by atoms with Gasteiger partial charge in [0.05, 0.1) is 0 Å². The van der Waals surface area contributed by atoms with Crippen molar-refractivity contribution in [3.05, 3.63) is 88.9 Å². The molecule has 1 aliphatic heterocycles. The molecule has 6 heteroatoms. The highest BCUT2D eigenvalue weighted by Gasteiger charge is 2.31. The quantitative estimate of drug-likeness (QED) is 0.367. The van der Waals surface area contributed by atoms with Crippen molar-refractivity contribution < 1.29 is 19.7 Å². The Morgan fingerprint density at radius 1 is 1.10 bits per heavy atom. The summed E-state index contributed by atoms with van der Waals surface area (Å²) in [6, 6.07) is 13.9. The SMILES string of the molecule is Cn1cc(C=C2Oc3cc(O)cc(O)c3C2=O)c2c(C#Cc3ccccc3)ccnc21. The molecule has 6 nitrogen and oxygen atoms in total. The van der Waals surface area contributed by atoms with Crippen molar-refractivity contribution in [1.82, 2.24) is 9.55 Å². The van der Waals surface area contributed by atoms with Gasteiger partial charge in [-0.15, -0.1) is 0 Å². The summed E-state index contributed by atoms with van der Waals surface area (Å²) < 4.78 is 7.49. The number of benzene rings is 2. The van der Waals surface area contributed by atoms with E-state index in [4.69, 9.17) is 4.74 Å². The molecular formula is C25H16N2O4. The van der Waals surface area contributed by atoms with Crippen molar-refractivity contribution in [2.24, 2.45) is 7.05 Å². The lowest BCUT2D eigenvalue weighted by molar-refractivity contribution is 0.101. The zero-order valence-corrected chi connectivity index (χ0v) is 16.5. The number of fused-ring (bicyclic) bond motifs is 2. The van der Waals surface area contributed by atoms with Gasteiger partial charge in [0.25, 0.3) is 0 Å². The highest BCUT2D eigenvalue weighted by Crippen LogP contribution is 2.41. The van der Waals surface area contributed by atoms with Crippen LogP contribution in [0.2, 0.25) is 0 Å². The number of hydrogen-bond acceptors (Lipinski definition) is 5. The van der Waals surface area contributed by atoms with Gasteiger partial charge in [0.1, 0.15) is 28.5 Å². The Morgan fingerprint density at radius 3 is 2.71 bits per heavy atom. The van der Waals surface area contributed by atoms with E-state index in [1.807, 2.05) is 54.2 Å². The fourth-order valence-corrected chi connectivity index (χ4v) is 3.63. The van der Waals surface area contributed by atoms with Gasteiger partial charge in [0, 0.05) is 53.7 Å². The van der Waals surface area contributed by atoms with E-state index >= 15 is 0 Å². The van der Waals surface area contributed by atoms with Crippen molar-refractivity contribution in [1.29, 1.82) is 0 Å². The Hall–Kier alpha value is -4.50. The van der Waals surface area contributed by atoms with E-state index in [9.17, 15) is 15.0 Å². The maximum atomic E-state index is 12.8. The van der Waals surface area contributed by atoms with Gasteiger partial charge >= 0.3 is 0 Å². The number of nitrogens with zero attached hydrogens (tertiary/aromatic N) is 2. The number of phenolic OH excluding ortho intramolecular Hbond substituents is 2. The molecule has 0 saturated heterocycles. The summed E-state index contributed by atoms with van der Waals surface area (Å²) in [7, 11) is 1.86. The number of Topliss-reactive ketones (excluding diaryl/α,β-unsaturated/α-hetero) is 1. The summed E-state index contributed by atoms with van der Waals surface area (Å²) in [6.07, 6.45) is 5.15. The predicted molar refractivity (Wildman–Crippen MR) is 116 cm³/mol. The second kappa shape index (κ2) is 7.08. The van der Waals surface area contributed by atoms with Gasteiger partial charge < -0.3 is 19.5 Å². The van der Waals surface area contributed by atoms with Gasteiger partial charge in [0.2, 0.25) is 5.78 Å². The number of ketones is 1. The first-order valence-electron chi connectivity index (χ1n) is 9.52. The fourth-order valence-electron chi connectivity index (χ4n) is 3.63. The number of allylic oxidation sites excluding steroid dienone is 1. The standard InChI is InChI=1S/C25H16N2O4/c1-27-14-17(11-21-24(30)23-19(29)12-18(28)13-20(23)31-21)22-16(9-10-26-25(22)27)8-7-15-5-3-2-4-6-15/h2-6,9-14,28-29H,1H3. The van der Waals surface area contributed by atoms with Gasteiger partial charge in [0.15, 0.2) is 5.76 Å². The Bertz CT molecular complexity index is 1450. The predicted octanol–water partition coefficient (Wildman–Crippen LogP) is 4.00. The van der Waals surface area contributed by atoms with E-state index in [1.54, 1.807) is 12.3 Å². The Morgan fingerprint density at radius 2 is 1.90 bits per heavy atom. The molecule has 0 unspecified atom stereocenters. The molecule has 1 aliphatic rings. The first-order valence-corrected chi connectivity index (χ1v) is 9.52. The van der Waals surface area contributed by atoms with E-state index in [2.05, 4.69) is 16.8 Å². The maximum absolute atomic E-state index is 12.8. The number of aromatic nitrogens is 2. The molecule has 0 aliphatic carbocycles. The Balaban J connectivity index is 1.63. The van der Waals surface area contributed by atoms with Gasteiger partial charge in [-0.1, -0.05) is 30.0 Å². The number of carbonyl (C=O) groups is 1. The second-order valence-corrected chi connectivity index (χ2v) is 7.15. The number of hydrogen-bond donors (Lipinski definition) is 2. The number of phenols is 2. The summed E-state index contributed by atoms with van der Waals surface area (Å²) in [6.45, 7) is 0. The average molecular weight is 408 g/mol. The molecule has 0 amide bonds. The van der Waals surface area contributed by atoms with Crippen molar-refractivity contribution in [2.75, 3.05) is 0 Å². The second-order valence-electron chi connectivity index (χ2n) is 7.15. The molecule has 0 fully saturated rings. The van der Waals surface area contributed by atoms with E-state index in [-0.39, 0.29) is 28.6 Å². The zero-order valence-electron chi connectivity index (χ0n) is 16.5. The normalized spacial score (nSPS) is 13.7. The third-order valence-electron chi connectivity index (χ3n) is 5.03. The van der Waals surface area contributed by atoms with E-state index < -0.39 is 5.78 Å². The number of aryl methyl sites for hydroxylation is 1. The first kappa shape index (κ1) is 18.5. The van der Waals surface area contributed by atoms with Crippen molar-refractivity contribution >= 4 is 22.9 Å². The molecule has 150 valence electrons. The summed E-state index contributed by atoms with van der Waals surface area (Å²) in [5.41, 5.74) is 3.12. The van der Waals surface area contributed by atoms with Crippen molar-refractivity contribution in [3.63, 3.8) is 0 Å². The molecular weight excluding hydrogens is 392 g/mol. The third kappa shape index (κ3) is 3.18. The van der Waals surface area contributed by atoms with Crippen LogP contribution in [0.5, 0.6) is 17.2 Å². The lowest BCUT2D eigenvalue weighted by Crippen LogP contribution is -1.98. The minimum atomic E-state index is -0.453. The number of ether oxygens (including phenoxy) is 1. The highest BCUT2D eigenvalue weighted by molar-refractivity contribution is 6.16. The van der Waals surface area contributed by atoms with Crippen LogP contribution in [0.15, 0.2) is 66.7 Å². The van der Waals surface area contributed by atoms with Crippen molar-refractivity contribution in [3.8, 4) is 29.1 Å². The summed E-state index contributed by atoms with van der Waals surface area (Å²) in [5, 5.41) is 20.5. The zero-order chi connectivity index (χ0) is 21.5. The number of rotatable bonds is 1. The smallest absolute Gasteiger partial charge is 0.235 e. The average Bonchev–Trinajstić information content (AvgIpc) is 3.24. The molecule has 5 rings (SSSR count). The third-order valence-corrected chi connectivity index (χ3v) is 5.03. The minimum Gasteiger partial charge on any atom is -0.508 e.